The predicted octanol–water partition coefficient (Wildman–Crippen LogP) is 12.3. The molecule has 0 N–H and O–H groups in total. The molecule has 9 rings (SSSR count). The van der Waals surface area contributed by atoms with Crippen LogP contribution in [0.25, 0.3) is 83.4 Å². The summed E-state index contributed by atoms with van der Waals surface area (Å²) in [5.41, 5.74) is 5.42. The Hall–Kier alpha value is -3.98. The molecule has 0 saturated carbocycles. The number of rotatable bonds is 0. The summed E-state index contributed by atoms with van der Waals surface area (Å²) in [4.78, 5) is 0. The monoisotopic (exact) mass is 546 g/mol. The minimum absolute atomic E-state index is 1.32. The van der Waals surface area contributed by atoms with E-state index in [9.17, 15) is 0 Å². The smallest absolute Gasteiger partial charge is 0.0362 e. The predicted molar refractivity (Wildman–Crippen MR) is 181 cm³/mol. The first-order valence-corrected chi connectivity index (χ1v) is 15.5. The fourth-order valence-corrected chi connectivity index (χ4v) is 8.91. The first-order valence-electron chi connectivity index (χ1n) is 13.9. The Kier molecular flexibility index (Phi) is 4.45. The van der Waals surface area contributed by atoms with Crippen LogP contribution >= 0.6 is 22.7 Å². The van der Waals surface area contributed by atoms with Crippen LogP contribution in [0.3, 0.4) is 0 Å². The minimum Gasteiger partial charge on any atom is -0.135 e. The third kappa shape index (κ3) is 3.18. The van der Waals surface area contributed by atoms with Crippen molar-refractivity contribution in [1.29, 1.82) is 0 Å². The van der Waals surface area contributed by atoms with Crippen molar-refractivity contribution in [1.82, 2.24) is 0 Å². The van der Waals surface area contributed by atoms with Gasteiger partial charge in [-0.25, -0.2) is 0 Å². The van der Waals surface area contributed by atoms with E-state index in [-0.39, 0.29) is 0 Å². The molecule has 0 nitrogen and oxygen atoms in total. The van der Waals surface area contributed by atoms with Crippen LogP contribution in [0.1, 0.15) is 22.3 Å². The van der Waals surface area contributed by atoms with Crippen molar-refractivity contribution in [2.24, 2.45) is 0 Å². The van der Waals surface area contributed by atoms with E-state index in [2.05, 4.69) is 113 Å². The molecule has 40 heavy (non-hydrogen) atoms. The van der Waals surface area contributed by atoms with Crippen LogP contribution in [0.15, 0.2) is 84.9 Å². The molecular formula is C38H26S2. The Morgan fingerprint density at radius 1 is 0.275 bits per heavy atom. The van der Waals surface area contributed by atoms with E-state index in [1.807, 2.05) is 22.7 Å². The van der Waals surface area contributed by atoms with Gasteiger partial charge in [0.15, 0.2) is 0 Å². The van der Waals surface area contributed by atoms with Crippen LogP contribution in [0.2, 0.25) is 0 Å². The molecule has 0 aliphatic carbocycles. The average molecular weight is 547 g/mol. The van der Waals surface area contributed by atoms with Gasteiger partial charge in [-0.3, -0.25) is 0 Å². The van der Waals surface area contributed by atoms with Crippen LogP contribution in [0.5, 0.6) is 0 Å². The highest BCUT2D eigenvalue weighted by molar-refractivity contribution is 7.27. The summed E-state index contributed by atoms with van der Waals surface area (Å²) in [6.45, 7) is 8.82. The van der Waals surface area contributed by atoms with Crippen molar-refractivity contribution in [2.75, 3.05) is 0 Å². The molecule has 0 bridgehead atoms. The molecule has 0 aliphatic heterocycles. The molecule has 2 heterocycles. The lowest BCUT2D eigenvalue weighted by molar-refractivity contribution is 1.37. The Bertz CT molecular complexity index is 2390. The van der Waals surface area contributed by atoms with E-state index in [1.165, 1.54) is 106 Å². The molecule has 190 valence electrons. The Morgan fingerprint density at radius 3 is 0.875 bits per heavy atom. The molecule has 2 aromatic heterocycles. The summed E-state index contributed by atoms with van der Waals surface area (Å²) in [6, 6.07) is 33.3. The Labute approximate surface area is 240 Å². The van der Waals surface area contributed by atoms with Crippen LogP contribution in [-0.4, -0.2) is 0 Å². The van der Waals surface area contributed by atoms with Gasteiger partial charge in [0.2, 0.25) is 0 Å². The van der Waals surface area contributed by atoms with E-state index < -0.39 is 0 Å². The Morgan fingerprint density at radius 2 is 0.525 bits per heavy atom. The second kappa shape index (κ2) is 7.81. The number of aryl methyl sites for hydroxylation is 4. The van der Waals surface area contributed by atoms with Crippen molar-refractivity contribution >= 4 is 106 Å². The van der Waals surface area contributed by atoms with Gasteiger partial charge in [0, 0.05) is 40.3 Å². The van der Waals surface area contributed by atoms with E-state index in [0.29, 0.717) is 0 Å². The molecule has 0 saturated heterocycles. The normalized spacial score (nSPS) is 12.5. The zero-order chi connectivity index (χ0) is 26.9. The lowest BCUT2D eigenvalue weighted by Crippen LogP contribution is -1.83. The van der Waals surface area contributed by atoms with Gasteiger partial charge in [-0.15, -0.1) is 22.7 Å². The summed E-state index contributed by atoms with van der Waals surface area (Å²) in [6.07, 6.45) is 0. The Balaban J connectivity index is 1.29. The molecule has 0 spiro atoms. The molecule has 0 unspecified atom stereocenters. The standard InChI is InChI=1S/C38H26S2/c1-19-5-23-9-27-13-31-33-17-38-34(18-37(33)39-35(31)15-29(27)11-25(23)7-21(19)3)32-14-28-10-24-6-20(2)22(4)8-26(24)12-30(28)16-36(32)40-38/h5-18H,1-4H3. The molecule has 0 atom stereocenters. The molecule has 0 fully saturated rings. The number of thiophene rings is 2. The van der Waals surface area contributed by atoms with Crippen LogP contribution in [-0.2, 0) is 0 Å². The zero-order valence-electron chi connectivity index (χ0n) is 22.9. The molecule has 0 amide bonds. The van der Waals surface area contributed by atoms with Crippen molar-refractivity contribution in [3.63, 3.8) is 0 Å². The van der Waals surface area contributed by atoms with E-state index >= 15 is 0 Å². The third-order valence-electron chi connectivity index (χ3n) is 9.12. The maximum absolute atomic E-state index is 2.45. The van der Waals surface area contributed by atoms with Gasteiger partial charge in [0.25, 0.3) is 0 Å². The first-order chi connectivity index (χ1) is 19.4. The molecule has 0 aliphatic rings. The third-order valence-corrected chi connectivity index (χ3v) is 11.3. The van der Waals surface area contributed by atoms with Crippen LogP contribution < -0.4 is 0 Å². The molecule has 9 aromatic rings. The molecular weight excluding hydrogens is 521 g/mol. The van der Waals surface area contributed by atoms with E-state index in [0.717, 1.165) is 0 Å². The summed E-state index contributed by atoms with van der Waals surface area (Å²) in [7, 11) is 0. The van der Waals surface area contributed by atoms with Crippen molar-refractivity contribution in [3.8, 4) is 0 Å². The highest BCUT2D eigenvalue weighted by atomic mass is 32.1. The summed E-state index contributed by atoms with van der Waals surface area (Å²) < 4.78 is 5.49. The lowest BCUT2D eigenvalue weighted by Gasteiger charge is -2.07. The quantitative estimate of drug-likeness (QED) is 0.166. The van der Waals surface area contributed by atoms with Crippen LogP contribution in [0, 0.1) is 27.7 Å². The molecule has 2 heteroatoms. The van der Waals surface area contributed by atoms with Gasteiger partial charge >= 0.3 is 0 Å². The SMILES string of the molecule is Cc1cc2cc3cc4sc5cc6c(cc5c4cc3cc2cc1C)sc1cc2cc3cc(C)c(C)cc3cc2cc16. The zero-order valence-corrected chi connectivity index (χ0v) is 24.5. The van der Waals surface area contributed by atoms with E-state index in [1.54, 1.807) is 0 Å². The highest BCUT2D eigenvalue weighted by Gasteiger charge is 2.14. The van der Waals surface area contributed by atoms with Gasteiger partial charge in [-0.2, -0.15) is 0 Å². The first kappa shape index (κ1) is 22.8. The largest absolute Gasteiger partial charge is 0.135 e. The number of hydrogen-bond donors (Lipinski definition) is 0. The second-order valence-corrected chi connectivity index (χ2v) is 13.9. The van der Waals surface area contributed by atoms with Gasteiger partial charge in [0.05, 0.1) is 0 Å². The molecule has 7 aromatic carbocycles. The summed E-state index contributed by atoms with van der Waals surface area (Å²) in [5, 5.41) is 16.1. The number of hydrogen-bond acceptors (Lipinski definition) is 2. The summed E-state index contributed by atoms with van der Waals surface area (Å²) in [5.74, 6) is 0. The fraction of sp³-hybridized carbons (Fsp3) is 0.105. The van der Waals surface area contributed by atoms with Crippen molar-refractivity contribution in [2.45, 2.75) is 27.7 Å². The van der Waals surface area contributed by atoms with Gasteiger partial charge in [-0.1, -0.05) is 24.3 Å². The van der Waals surface area contributed by atoms with Gasteiger partial charge < -0.3 is 0 Å². The molecule has 0 radical (unpaired) electrons. The average Bonchev–Trinajstić information content (AvgIpc) is 3.44. The maximum atomic E-state index is 2.45. The van der Waals surface area contributed by atoms with Gasteiger partial charge in [0.1, 0.15) is 0 Å². The van der Waals surface area contributed by atoms with Crippen LogP contribution in [0.4, 0.5) is 0 Å². The fourth-order valence-electron chi connectivity index (χ4n) is 6.59. The number of fused-ring (bicyclic) bond motifs is 10. The topological polar surface area (TPSA) is 0 Å². The van der Waals surface area contributed by atoms with E-state index in [4.69, 9.17) is 0 Å². The summed E-state index contributed by atoms with van der Waals surface area (Å²) >= 11 is 3.85. The highest BCUT2D eigenvalue weighted by Crippen LogP contribution is 2.44. The van der Waals surface area contributed by atoms with Crippen molar-refractivity contribution < 1.29 is 0 Å². The lowest BCUT2D eigenvalue weighted by atomic mass is 9.97. The van der Waals surface area contributed by atoms with Gasteiger partial charge in [-0.05, 0) is 154 Å². The second-order valence-electron chi connectivity index (χ2n) is 11.7. The maximum Gasteiger partial charge on any atom is 0.0362 e. The number of benzene rings is 7. The minimum atomic E-state index is 1.32. The van der Waals surface area contributed by atoms with Crippen molar-refractivity contribution in [3.05, 3.63) is 107 Å².